The van der Waals surface area contributed by atoms with Crippen LogP contribution in [-0.4, -0.2) is 6.54 Å². The molecule has 1 aliphatic heterocycles. The van der Waals surface area contributed by atoms with Gasteiger partial charge in [-0.2, -0.15) is 0 Å². The van der Waals surface area contributed by atoms with E-state index in [9.17, 15) is 4.39 Å². The first kappa shape index (κ1) is 14.5. The lowest BCUT2D eigenvalue weighted by atomic mass is 9.93. The van der Waals surface area contributed by atoms with Crippen LogP contribution < -0.4 is 10.1 Å². The lowest BCUT2D eigenvalue weighted by Crippen LogP contribution is -2.29. The molecule has 4 heteroatoms. The van der Waals surface area contributed by atoms with Crippen LogP contribution in [0.3, 0.4) is 0 Å². The minimum atomic E-state index is -0.245. The van der Waals surface area contributed by atoms with Crippen molar-refractivity contribution < 1.29 is 9.13 Å². The third-order valence-corrected chi connectivity index (χ3v) is 4.46. The molecule has 2 nitrogen and oxygen atoms in total. The van der Waals surface area contributed by atoms with E-state index in [0.717, 1.165) is 28.8 Å². The highest BCUT2D eigenvalue weighted by Crippen LogP contribution is 2.42. The Bertz CT molecular complexity index is 646. The van der Waals surface area contributed by atoms with Gasteiger partial charge in [-0.15, -0.1) is 0 Å². The summed E-state index contributed by atoms with van der Waals surface area (Å²) < 4.78 is 20.1. The van der Waals surface area contributed by atoms with Crippen molar-refractivity contribution in [1.82, 2.24) is 5.32 Å². The van der Waals surface area contributed by atoms with E-state index in [1.165, 1.54) is 17.7 Å². The molecule has 0 aromatic heterocycles. The summed E-state index contributed by atoms with van der Waals surface area (Å²) in [7, 11) is 0. The highest BCUT2D eigenvalue weighted by molar-refractivity contribution is 9.10. The molecule has 21 heavy (non-hydrogen) atoms. The van der Waals surface area contributed by atoms with Crippen molar-refractivity contribution in [2.45, 2.75) is 25.5 Å². The van der Waals surface area contributed by atoms with E-state index < -0.39 is 0 Å². The molecule has 110 valence electrons. The number of halogens is 2. The molecule has 0 bridgehead atoms. The molecule has 0 amide bonds. The van der Waals surface area contributed by atoms with E-state index in [0.29, 0.717) is 0 Å². The first-order valence-corrected chi connectivity index (χ1v) is 7.92. The van der Waals surface area contributed by atoms with Crippen LogP contribution in [0, 0.1) is 5.82 Å². The van der Waals surface area contributed by atoms with Crippen LogP contribution >= 0.6 is 15.9 Å². The average Bonchev–Trinajstić information content (AvgIpc) is 2.47. The second-order valence-electron chi connectivity index (χ2n) is 5.16. The smallest absolute Gasteiger partial charge is 0.127 e. The second-order valence-corrected chi connectivity index (χ2v) is 6.01. The Morgan fingerprint density at radius 2 is 2.05 bits per heavy atom. The summed E-state index contributed by atoms with van der Waals surface area (Å²) in [5, 5.41) is 3.50. The van der Waals surface area contributed by atoms with Gasteiger partial charge < -0.3 is 10.1 Å². The lowest BCUT2D eigenvalue weighted by molar-refractivity contribution is 0.151. The second kappa shape index (κ2) is 6.16. The zero-order chi connectivity index (χ0) is 14.8. The lowest BCUT2D eigenvalue weighted by Gasteiger charge is -2.33. The fraction of sp³-hybridized carbons (Fsp3) is 0.294. The van der Waals surface area contributed by atoms with Crippen LogP contribution in [0.4, 0.5) is 4.39 Å². The highest BCUT2D eigenvalue weighted by atomic mass is 79.9. The predicted molar refractivity (Wildman–Crippen MR) is 84.9 cm³/mol. The quantitative estimate of drug-likeness (QED) is 0.862. The maximum atomic E-state index is 13.3. The Morgan fingerprint density at radius 3 is 2.81 bits per heavy atom. The fourth-order valence-corrected chi connectivity index (χ4v) is 3.42. The summed E-state index contributed by atoms with van der Waals surface area (Å²) in [4.78, 5) is 0. The number of hydrogen-bond donors (Lipinski definition) is 1. The molecule has 0 spiro atoms. The first-order valence-electron chi connectivity index (χ1n) is 7.13. The van der Waals surface area contributed by atoms with Crippen molar-refractivity contribution in [3.8, 4) is 5.75 Å². The largest absolute Gasteiger partial charge is 0.485 e. The van der Waals surface area contributed by atoms with Crippen LogP contribution in [-0.2, 0) is 0 Å². The van der Waals surface area contributed by atoms with Gasteiger partial charge >= 0.3 is 0 Å². The normalized spacial score (nSPS) is 20.7. The zero-order valence-corrected chi connectivity index (χ0v) is 13.4. The fourth-order valence-electron chi connectivity index (χ4n) is 2.81. The molecule has 2 unspecified atom stereocenters. The molecule has 0 fully saturated rings. The Morgan fingerprint density at radius 1 is 1.24 bits per heavy atom. The topological polar surface area (TPSA) is 21.3 Å². The van der Waals surface area contributed by atoms with E-state index in [1.54, 1.807) is 6.07 Å². The molecule has 0 radical (unpaired) electrons. The summed E-state index contributed by atoms with van der Waals surface area (Å²) >= 11 is 3.44. The van der Waals surface area contributed by atoms with Gasteiger partial charge in [0, 0.05) is 28.1 Å². The third kappa shape index (κ3) is 2.97. The predicted octanol–water partition coefficient (Wildman–Crippen LogP) is 4.76. The van der Waals surface area contributed by atoms with Crippen molar-refractivity contribution in [2.24, 2.45) is 0 Å². The SMILES string of the molecule is CCNC1CC(c2ccc(F)cc2Br)Oc2ccccc21. The minimum Gasteiger partial charge on any atom is -0.485 e. The highest BCUT2D eigenvalue weighted by Gasteiger charge is 2.29. The first-order chi connectivity index (χ1) is 10.2. The standard InChI is InChI=1S/C17H17BrFNO/c1-2-20-15-10-17(12-8-7-11(19)9-14(12)18)21-16-6-4-3-5-13(15)16/h3-9,15,17,20H,2,10H2,1H3. The molecular weight excluding hydrogens is 333 g/mol. The van der Waals surface area contributed by atoms with Crippen molar-refractivity contribution in [3.05, 3.63) is 63.9 Å². The van der Waals surface area contributed by atoms with Crippen molar-refractivity contribution in [3.63, 3.8) is 0 Å². The average molecular weight is 350 g/mol. The summed E-state index contributed by atoms with van der Waals surface area (Å²) in [6.07, 6.45) is 0.744. The van der Waals surface area contributed by atoms with E-state index in [2.05, 4.69) is 34.2 Å². The van der Waals surface area contributed by atoms with Gasteiger partial charge in [0.15, 0.2) is 0 Å². The van der Waals surface area contributed by atoms with E-state index in [-0.39, 0.29) is 18.0 Å². The van der Waals surface area contributed by atoms with Gasteiger partial charge in [-0.1, -0.05) is 47.1 Å². The molecule has 2 aromatic rings. The molecule has 3 rings (SSSR count). The summed E-state index contributed by atoms with van der Waals surface area (Å²) in [6.45, 7) is 3.00. The Labute approximate surface area is 132 Å². The molecule has 1 N–H and O–H groups in total. The number of para-hydroxylation sites is 1. The molecule has 0 aliphatic carbocycles. The van der Waals surface area contributed by atoms with E-state index in [4.69, 9.17) is 4.74 Å². The Balaban J connectivity index is 1.95. The number of hydrogen-bond acceptors (Lipinski definition) is 2. The third-order valence-electron chi connectivity index (χ3n) is 3.77. The zero-order valence-electron chi connectivity index (χ0n) is 11.8. The van der Waals surface area contributed by atoms with Gasteiger partial charge in [-0.05, 0) is 24.7 Å². The molecule has 0 saturated heterocycles. The number of ether oxygens (including phenoxy) is 1. The van der Waals surface area contributed by atoms with Gasteiger partial charge in [-0.3, -0.25) is 0 Å². The van der Waals surface area contributed by atoms with Crippen molar-refractivity contribution >= 4 is 15.9 Å². The summed E-state index contributed by atoms with van der Waals surface area (Å²) in [5.74, 6) is 0.654. The van der Waals surface area contributed by atoms with E-state index in [1.807, 2.05) is 18.2 Å². The number of rotatable bonds is 3. The van der Waals surface area contributed by atoms with Crippen molar-refractivity contribution in [2.75, 3.05) is 6.54 Å². The van der Waals surface area contributed by atoms with Gasteiger partial charge in [-0.25, -0.2) is 4.39 Å². The molecule has 0 saturated carbocycles. The molecule has 1 aliphatic rings. The van der Waals surface area contributed by atoms with Crippen LogP contribution in [0.15, 0.2) is 46.9 Å². The van der Waals surface area contributed by atoms with Gasteiger partial charge in [0.25, 0.3) is 0 Å². The van der Waals surface area contributed by atoms with Crippen LogP contribution in [0.2, 0.25) is 0 Å². The molecule has 1 heterocycles. The number of benzene rings is 2. The van der Waals surface area contributed by atoms with Crippen LogP contribution in [0.5, 0.6) is 5.75 Å². The maximum absolute atomic E-state index is 13.3. The monoisotopic (exact) mass is 349 g/mol. The van der Waals surface area contributed by atoms with Crippen molar-refractivity contribution in [1.29, 1.82) is 0 Å². The Hall–Kier alpha value is -1.39. The maximum Gasteiger partial charge on any atom is 0.127 e. The molecule has 2 aromatic carbocycles. The van der Waals surface area contributed by atoms with Gasteiger partial charge in [0.05, 0.1) is 0 Å². The Kier molecular flexibility index (Phi) is 4.27. The van der Waals surface area contributed by atoms with Gasteiger partial charge in [0.1, 0.15) is 17.7 Å². The summed E-state index contributed by atoms with van der Waals surface area (Å²) in [6, 6.07) is 13.1. The molecular formula is C17H17BrFNO. The number of nitrogens with one attached hydrogen (secondary N) is 1. The van der Waals surface area contributed by atoms with Crippen LogP contribution in [0.1, 0.15) is 36.6 Å². The van der Waals surface area contributed by atoms with E-state index >= 15 is 0 Å². The number of fused-ring (bicyclic) bond motifs is 1. The van der Waals surface area contributed by atoms with Gasteiger partial charge in [0.2, 0.25) is 0 Å². The minimum absolute atomic E-state index is 0.0843. The summed E-state index contributed by atoms with van der Waals surface area (Å²) in [5.41, 5.74) is 2.17. The molecule has 2 atom stereocenters. The van der Waals surface area contributed by atoms with Crippen LogP contribution in [0.25, 0.3) is 0 Å².